The zero-order chi connectivity index (χ0) is 15.0. The number of anilines is 1. The molecule has 1 aromatic rings. The molecule has 6 nitrogen and oxygen atoms in total. The second-order valence-electron chi connectivity index (χ2n) is 6.73. The minimum atomic E-state index is 0.286. The minimum absolute atomic E-state index is 0.286. The van der Waals surface area contributed by atoms with Gasteiger partial charge in [-0.15, -0.1) is 0 Å². The summed E-state index contributed by atoms with van der Waals surface area (Å²) >= 11 is 0. The van der Waals surface area contributed by atoms with Crippen molar-refractivity contribution in [3.05, 3.63) is 18.5 Å². The monoisotopic (exact) mass is 301 g/mol. The van der Waals surface area contributed by atoms with E-state index in [1.807, 2.05) is 6.07 Å². The zero-order valence-corrected chi connectivity index (χ0v) is 12.9. The van der Waals surface area contributed by atoms with Gasteiger partial charge in [-0.1, -0.05) is 0 Å². The second kappa shape index (κ2) is 5.50. The number of piperazine rings is 1. The first-order valence-electron chi connectivity index (χ1n) is 8.30. The Morgan fingerprint density at radius 3 is 2.50 bits per heavy atom. The second-order valence-corrected chi connectivity index (χ2v) is 6.73. The third-order valence-electron chi connectivity index (χ3n) is 5.51. The molecular weight excluding hydrogens is 278 g/mol. The van der Waals surface area contributed by atoms with Crippen LogP contribution in [0.1, 0.15) is 19.3 Å². The number of carbonyl (C=O) groups excluding carboxylic acids is 1. The van der Waals surface area contributed by atoms with E-state index in [9.17, 15) is 4.79 Å². The van der Waals surface area contributed by atoms with Crippen LogP contribution in [-0.4, -0.2) is 60.0 Å². The fourth-order valence-corrected chi connectivity index (χ4v) is 3.98. The molecule has 6 heteroatoms. The molecule has 4 rings (SSSR count). The van der Waals surface area contributed by atoms with Crippen molar-refractivity contribution in [2.75, 3.05) is 44.2 Å². The Morgan fingerprint density at radius 2 is 1.82 bits per heavy atom. The lowest BCUT2D eigenvalue weighted by atomic mass is 9.91. The molecule has 2 aliphatic heterocycles. The largest absolute Gasteiger partial charge is 0.339 e. The van der Waals surface area contributed by atoms with Crippen LogP contribution in [-0.2, 0) is 4.79 Å². The topological polar surface area (TPSA) is 61.4 Å². The van der Waals surface area contributed by atoms with Crippen LogP contribution in [0.25, 0.3) is 0 Å². The van der Waals surface area contributed by atoms with E-state index in [1.54, 1.807) is 12.4 Å². The smallest absolute Gasteiger partial charge is 0.226 e. The molecule has 3 fully saturated rings. The predicted molar refractivity (Wildman–Crippen MR) is 83.5 cm³/mol. The fourth-order valence-electron chi connectivity index (χ4n) is 3.98. The normalized spacial score (nSPS) is 27.0. The number of hydrogen-bond acceptors (Lipinski definition) is 5. The van der Waals surface area contributed by atoms with Crippen molar-refractivity contribution in [1.82, 2.24) is 20.2 Å². The Bertz CT molecular complexity index is 535. The molecule has 1 N–H and O–H groups in total. The molecule has 3 heterocycles. The van der Waals surface area contributed by atoms with Gasteiger partial charge in [0, 0.05) is 44.5 Å². The molecule has 1 aliphatic carbocycles. The van der Waals surface area contributed by atoms with Crippen molar-refractivity contribution >= 4 is 11.9 Å². The first-order chi connectivity index (χ1) is 10.8. The number of nitrogens with one attached hydrogen (secondary N) is 1. The first kappa shape index (κ1) is 13.9. The molecule has 2 saturated heterocycles. The van der Waals surface area contributed by atoms with Crippen molar-refractivity contribution < 1.29 is 4.79 Å². The average molecular weight is 301 g/mol. The van der Waals surface area contributed by atoms with Gasteiger partial charge in [0.05, 0.1) is 0 Å². The van der Waals surface area contributed by atoms with Crippen LogP contribution < -0.4 is 10.2 Å². The maximum absolute atomic E-state index is 12.7. The average Bonchev–Trinajstić information content (AvgIpc) is 3.29. The number of nitrogens with zero attached hydrogens (tertiary/aromatic N) is 4. The molecule has 0 radical (unpaired) electrons. The highest BCUT2D eigenvalue weighted by Crippen LogP contribution is 2.59. The van der Waals surface area contributed by atoms with E-state index >= 15 is 0 Å². The molecule has 1 aromatic heterocycles. The highest BCUT2D eigenvalue weighted by atomic mass is 16.2. The van der Waals surface area contributed by atoms with Crippen LogP contribution in [0, 0.1) is 11.3 Å². The Labute approximate surface area is 130 Å². The molecule has 1 amide bonds. The van der Waals surface area contributed by atoms with Crippen molar-refractivity contribution in [2.45, 2.75) is 19.3 Å². The lowest BCUT2D eigenvalue weighted by Crippen LogP contribution is -2.50. The van der Waals surface area contributed by atoms with Crippen molar-refractivity contribution in [3.8, 4) is 0 Å². The van der Waals surface area contributed by atoms with Gasteiger partial charge in [-0.2, -0.15) is 0 Å². The summed E-state index contributed by atoms with van der Waals surface area (Å²) in [4.78, 5) is 25.5. The summed E-state index contributed by atoms with van der Waals surface area (Å²) in [5.74, 6) is 1.44. The van der Waals surface area contributed by atoms with E-state index in [2.05, 4.69) is 25.1 Å². The van der Waals surface area contributed by atoms with Gasteiger partial charge in [-0.3, -0.25) is 4.79 Å². The fraction of sp³-hybridized carbons (Fsp3) is 0.688. The van der Waals surface area contributed by atoms with Crippen LogP contribution in [0.4, 0.5) is 5.95 Å². The molecule has 1 atom stereocenters. The number of hydrogen-bond donors (Lipinski definition) is 1. The van der Waals surface area contributed by atoms with Gasteiger partial charge in [-0.25, -0.2) is 9.97 Å². The molecule has 1 spiro atoms. The van der Waals surface area contributed by atoms with Gasteiger partial charge in [-0.05, 0) is 43.8 Å². The maximum Gasteiger partial charge on any atom is 0.226 e. The predicted octanol–water partition coefficient (Wildman–Crippen LogP) is 0.515. The molecule has 118 valence electrons. The molecule has 0 bridgehead atoms. The lowest BCUT2D eigenvalue weighted by molar-refractivity contribution is -0.133. The summed E-state index contributed by atoms with van der Waals surface area (Å²) in [5.41, 5.74) is 0.335. The van der Waals surface area contributed by atoms with E-state index in [0.717, 1.165) is 51.6 Å². The highest BCUT2D eigenvalue weighted by Gasteiger charge is 2.58. The SMILES string of the molecule is O=C(C1CC12CCNCC2)N1CCN(c2ncccn2)CC1. The van der Waals surface area contributed by atoms with Gasteiger partial charge in [0.25, 0.3) is 0 Å². The quantitative estimate of drug-likeness (QED) is 0.863. The van der Waals surface area contributed by atoms with Crippen LogP contribution in [0.15, 0.2) is 18.5 Å². The Hall–Kier alpha value is -1.69. The van der Waals surface area contributed by atoms with Gasteiger partial charge in [0.15, 0.2) is 0 Å². The summed E-state index contributed by atoms with van der Waals surface area (Å²) in [6, 6.07) is 1.83. The number of aromatic nitrogens is 2. The molecule has 3 aliphatic rings. The Kier molecular flexibility index (Phi) is 3.48. The summed E-state index contributed by atoms with van der Waals surface area (Å²) in [6.07, 6.45) is 6.98. The van der Waals surface area contributed by atoms with Crippen LogP contribution in [0.5, 0.6) is 0 Å². The number of carbonyl (C=O) groups is 1. The van der Waals surface area contributed by atoms with Crippen LogP contribution in [0.3, 0.4) is 0 Å². The van der Waals surface area contributed by atoms with E-state index in [-0.39, 0.29) is 5.92 Å². The van der Waals surface area contributed by atoms with Crippen LogP contribution >= 0.6 is 0 Å². The van der Waals surface area contributed by atoms with E-state index < -0.39 is 0 Å². The van der Waals surface area contributed by atoms with Gasteiger partial charge in [0.2, 0.25) is 11.9 Å². The Balaban J connectivity index is 1.33. The molecule has 1 unspecified atom stereocenters. The van der Waals surface area contributed by atoms with Crippen LogP contribution in [0.2, 0.25) is 0 Å². The summed E-state index contributed by atoms with van der Waals surface area (Å²) < 4.78 is 0. The van der Waals surface area contributed by atoms with Crippen molar-refractivity contribution in [1.29, 1.82) is 0 Å². The molecule has 0 aromatic carbocycles. The van der Waals surface area contributed by atoms with Crippen molar-refractivity contribution in [3.63, 3.8) is 0 Å². The summed E-state index contributed by atoms with van der Waals surface area (Å²) in [5, 5.41) is 3.40. The Morgan fingerprint density at radius 1 is 1.14 bits per heavy atom. The van der Waals surface area contributed by atoms with Gasteiger partial charge < -0.3 is 15.1 Å². The number of amides is 1. The highest BCUT2D eigenvalue weighted by molar-refractivity contribution is 5.83. The minimum Gasteiger partial charge on any atom is -0.339 e. The van der Waals surface area contributed by atoms with Gasteiger partial charge >= 0.3 is 0 Å². The number of piperidine rings is 1. The standard InChI is InChI=1S/C16H23N5O/c22-14(13-12-16(13)2-6-17-7-3-16)20-8-10-21(11-9-20)15-18-4-1-5-19-15/h1,4-5,13,17H,2-3,6-12H2. The zero-order valence-electron chi connectivity index (χ0n) is 12.9. The molecular formula is C16H23N5O. The molecule has 1 saturated carbocycles. The van der Waals surface area contributed by atoms with E-state index in [4.69, 9.17) is 0 Å². The maximum atomic E-state index is 12.7. The van der Waals surface area contributed by atoms with E-state index in [1.165, 1.54) is 12.8 Å². The lowest BCUT2D eigenvalue weighted by Gasteiger charge is -2.35. The van der Waals surface area contributed by atoms with Gasteiger partial charge in [0.1, 0.15) is 0 Å². The van der Waals surface area contributed by atoms with Crippen molar-refractivity contribution in [2.24, 2.45) is 11.3 Å². The molecule has 22 heavy (non-hydrogen) atoms. The summed E-state index contributed by atoms with van der Waals surface area (Å²) in [6.45, 7) is 5.39. The number of rotatable bonds is 2. The van der Waals surface area contributed by atoms with E-state index in [0.29, 0.717) is 11.3 Å². The third kappa shape index (κ3) is 2.45. The summed E-state index contributed by atoms with van der Waals surface area (Å²) in [7, 11) is 0. The first-order valence-corrected chi connectivity index (χ1v) is 8.30. The third-order valence-corrected chi connectivity index (χ3v) is 5.51.